The summed E-state index contributed by atoms with van der Waals surface area (Å²) in [6.45, 7) is 2.16. The summed E-state index contributed by atoms with van der Waals surface area (Å²) < 4.78 is 10.7. The Balaban J connectivity index is 1.20. The molecule has 6 heteroatoms. The van der Waals surface area contributed by atoms with Gasteiger partial charge in [-0.25, -0.2) is 0 Å². The number of nitrogens with zero attached hydrogens (tertiary/aromatic N) is 1. The van der Waals surface area contributed by atoms with Crippen LogP contribution in [-0.2, 0) is 17.9 Å². The van der Waals surface area contributed by atoms with E-state index in [1.807, 2.05) is 54.6 Å². The second kappa shape index (κ2) is 9.98. The third-order valence-electron chi connectivity index (χ3n) is 5.56. The minimum Gasteiger partial charge on any atom is -0.489 e. The average molecular weight is 418 g/mol. The summed E-state index contributed by atoms with van der Waals surface area (Å²) in [5.74, 6) is 0.791. The van der Waals surface area contributed by atoms with Gasteiger partial charge in [-0.3, -0.25) is 9.59 Å². The number of benzene rings is 2. The van der Waals surface area contributed by atoms with Crippen LogP contribution in [0.25, 0.3) is 0 Å². The molecular formula is C25H26N2O4. The van der Waals surface area contributed by atoms with Crippen molar-refractivity contribution in [2.75, 3.05) is 13.1 Å². The second-order valence-electron chi connectivity index (χ2n) is 7.71. The van der Waals surface area contributed by atoms with Gasteiger partial charge in [0.05, 0.1) is 11.8 Å². The minimum atomic E-state index is -0.0630. The summed E-state index contributed by atoms with van der Waals surface area (Å²) in [6.07, 6.45) is 4.30. The first-order valence-corrected chi connectivity index (χ1v) is 10.5. The zero-order chi connectivity index (χ0) is 21.5. The zero-order valence-corrected chi connectivity index (χ0v) is 17.3. The molecule has 1 aliphatic rings. The van der Waals surface area contributed by atoms with Crippen LogP contribution in [0.4, 0.5) is 0 Å². The molecule has 1 aliphatic heterocycles. The standard InChI is InChI=1S/C25H26N2O4/c28-24(21-10-13-27(14-11-21)25(29)22-12-15-30-18-22)26-16-19-6-8-20(9-7-19)17-31-23-4-2-1-3-5-23/h1-9,12,15,18,21H,10-11,13-14,16-17H2,(H,26,28). The van der Waals surface area contributed by atoms with Gasteiger partial charge in [-0.1, -0.05) is 42.5 Å². The number of hydrogen-bond donors (Lipinski definition) is 1. The number of nitrogens with one attached hydrogen (secondary N) is 1. The zero-order valence-electron chi connectivity index (χ0n) is 17.3. The summed E-state index contributed by atoms with van der Waals surface area (Å²) in [6, 6.07) is 19.4. The van der Waals surface area contributed by atoms with E-state index < -0.39 is 0 Å². The highest BCUT2D eigenvalue weighted by molar-refractivity contribution is 5.94. The van der Waals surface area contributed by atoms with E-state index >= 15 is 0 Å². The summed E-state index contributed by atoms with van der Waals surface area (Å²) in [5, 5.41) is 3.03. The maximum Gasteiger partial charge on any atom is 0.257 e. The molecule has 1 fully saturated rings. The van der Waals surface area contributed by atoms with Crippen LogP contribution in [0.5, 0.6) is 5.75 Å². The highest BCUT2D eigenvalue weighted by atomic mass is 16.5. The monoisotopic (exact) mass is 418 g/mol. The molecule has 2 amide bonds. The molecule has 3 aromatic rings. The van der Waals surface area contributed by atoms with Gasteiger partial charge in [-0.2, -0.15) is 0 Å². The number of piperidine rings is 1. The third-order valence-corrected chi connectivity index (χ3v) is 5.56. The minimum absolute atomic E-state index is 0.0380. The van der Waals surface area contributed by atoms with Gasteiger partial charge in [0.1, 0.15) is 18.6 Å². The van der Waals surface area contributed by atoms with E-state index in [1.54, 1.807) is 11.0 Å². The van der Waals surface area contributed by atoms with Crippen molar-refractivity contribution in [2.45, 2.75) is 26.0 Å². The van der Waals surface area contributed by atoms with Crippen LogP contribution < -0.4 is 10.1 Å². The van der Waals surface area contributed by atoms with E-state index in [0.29, 0.717) is 44.6 Å². The number of furan rings is 1. The van der Waals surface area contributed by atoms with Crippen molar-refractivity contribution < 1.29 is 18.7 Å². The molecule has 1 aromatic heterocycles. The largest absolute Gasteiger partial charge is 0.489 e. The second-order valence-corrected chi connectivity index (χ2v) is 7.71. The normalized spacial score (nSPS) is 14.3. The van der Waals surface area contributed by atoms with Crippen LogP contribution in [0.15, 0.2) is 77.6 Å². The number of amides is 2. The molecule has 0 saturated carbocycles. The smallest absolute Gasteiger partial charge is 0.257 e. The van der Waals surface area contributed by atoms with Crippen molar-refractivity contribution in [1.82, 2.24) is 10.2 Å². The van der Waals surface area contributed by atoms with Gasteiger partial charge in [0.2, 0.25) is 5.91 Å². The van der Waals surface area contributed by atoms with E-state index in [-0.39, 0.29) is 17.7 Å². The molecule has 4 rings (SSSR count). The Morgan fingerprint density at radius 2 is 1.68 bits per heavy atom. The Morgan fingerprint density at radius 1 is 0.968 bits per heavy atom. The van der Waals surface area contributed by atoms with Gasteiger partial charge < -0.3 is 19.4 Å². The van der Waals surface area contributed by atoms with Crippen LogP contribution in [0.1, 0.15) is 34.3 Å². The first-order valence-electron chi connectivity index (χ1n) is 10.5. The topological polar surface area (TPSA) is 71.8 Å². The number of ether oxygens (including phenoxy) is 1. The number of para-hydroxylation sites is 1. The summed E-state index contributed by atoms with van der Waals surface area (Å²) in [7, 11) is 0. The van der Waals surface area contributed by atoms with Gasteiger partial charge in [0, 0.05) is 25.6 Å². The quantitative estimate of drug-likeness (QED) is 0.629. The Kier molecular flexibility index (Phi) is 6.67. The molecule has 6 nitrogen and oxygen atoms in total. The van der Waals surface area contributed by atoms with E-state index in [1.165, 1.54) is 12.5 Å². The molecule has 0 bridgehead atoms. The van der Waals surface area contributed by atoms with Crippen molar-refractivity contribution in [3.8, 4) is 5.75 Å². The fourth-order valence-electron chi connectivity index (χ4n) is 3.68. The fraction of sp³-hybridized carbons (Fsp3) is 0.280. The van der Waals surface area contributed by atoms with E-state index in [9.17, 15) is 9.59 Å². The van der Waals surface area contributed by atoms with Crippen molar-refractivity contribution >= 4 is 11.8 Å². The highest BCUT2D eigenvalue weighted by Gasteiger charge is 2.28. The van der Waals surface area contributed by atoms with Crippen LogP contribution in [0, 0.1) is 5.92 Å². The molecule has 0 spiro atoms. The van der Waals surface area contributed by atoms with Gasteiger partial charge >= 0.3 is 0 Å². The van der Waals surface area contributed by atoms with Crippen molar-refractivity contribution in [2.24, 2.45) is 5.92 Å². The van der Waals surface area contributed by atoms with E-state index in [2.05, 4.69) is 5.32 Å². The molecule has 0 unspecified atom stereocenters. The van der Waals surface area contributed by atoms with Gasteiger partial charge in [-0.05, 0) is 42.2 Å². The molecule has 160 valence electrons. The Labute approximate surface area is 181 Å². The fourth-order valence-corrected chi connectivity index (χ4v) is 3.68. The Bertz CT molecular complexity index is 976. The molecule has 2 aromatic carbocycles. The lowest BCUT2D eigenvalue weighted by atomic mass is 9.95. The van der Waals surface area contributed by atoms with Crippen molar-refractivity contribution in [3.63, 3.8) is 0 Å². The summed E-state index contributed by atoms with van der Waals surface area (Å²) in [4.78, 5) is 26.7. The van der Waals surface area contributed by atoms with Crippen molar-refractivity contribution in [1.29, 1.82) is 0 Å². The van der Waals surface area contributed by atoms with E-state index in [0.717, 1.165) is 16.9 Å². The molecule has 1 saturated heterocycles. The van der Waals surface area contributed by atoms with Gasteiger partial charge in [0.15, 0.2) is 0 Å². The average Bonchev–Trinajstić information content (AvgIpc) is 3.37. The summed E-state index contributed by atoms with van der Waals surface area (Å²) in [5.41, 5.74) is 2.68. The van der Waals surface area contributed by atoms with Crippen LogP contribution in [0.3, 0.4) is 0 Å². The van der Waals surface area contributed by atoms with Gasteiger partial charge in [-0.15, -0.1) is 0 Å². The number of carbonyl (C=O) groups excluding carboxylic acids is 2. The number of carbonyl (C=O) groups is 2. The number of hydrogen-bond acceptors (Lipinski definition) is 4. The molecule has 0 radical (unpaired) electrons. The number of likely N-dealkylation sites (tertiary alicyclic amines) is 1. The molecule has 31 heavy (non-hydrogen) atoms. The van der Waals surface area contributed by atoms with Crippen LogP contribution >= 0.6 is 0 Å². The molecule has 0 atom stereocenters. The lowest BCUT2D eigenvalue weighted by Gasteiger charge is -2.31. The lowest BCUT2D eigenvalue weighted by Crippen LogP contribution is -2.42. The first kappa shape index (κ1) is 20.7. The van der Waals surface area contributed by atoms with Crippen LogP contribution in [-0.4, -0.2) is 29.8 Å². The number of rotatable bonds is 7. The molecule has 0 aliphatic carbocycles. The Hall–Kier alpha value is -3.54. The molecular weight excluding hydrogens is 392 g/mol. The van der Waals surface area contributed by atoms with Crippen LogP contribution in [0.2, 0.25) is 0 Å². The SMILES string of the molecule is O=C(NCc1ccc(COc2ccccc2)cc1)C1CCN(C(=O)c2ccoc2)CC1. The lowest BCUT2D eigenvalue weighted by molar-refractivity contribution is -0.126. The Morgan fingerprint density at radius 3 is 2.35 bits per heavy atom. The van der Waals surface area contributed by atoms with Gasteiger partial charge in [0.25, 0.3) is 5.91 Å². The maximum atomic E-state index is 12.6. The molecule has 2 heterocycles. The summed E-state index contributed by atoms with van der Waals surface area (Å²) >= 11 is 0. The van der Waals surface area contributed by atoms with Crippen molar-refractivity contribution in [3.05, 3.63) is 89.9 Å². The van der Waals surface area contributed by atoms with E-state index in [4.69, 9.17) is 9.15 Å². The third kappa shape index (κ3) is 5.54. The first-order chi connectivity index (χ1) is 15.2. The maximum absolute atomic E-state index is 12.6. The predicted molar refractivity (Wildman–Crippen MR) is 116 cm³/mol. The molecule has 1 N–H and O–H groups in total. The highest BCUT2D eigenvalue weighted by Crippen LogP contribution is 2.20. The predicted octanol–water partition coefficient (Wildman–Crippen LogP) is 4.03.